The minimum Gasteiger partial charge on any atom is -0.307 e. The third-order valence-corrected chi connectivity index (χ3v) is 4.26. The van der Waals surface area contributed by atoms with E-state index in [-0.39, 0.29) is 0 Å². The van der Waals surface area contributed by atoms with Crippen LogP contribution in [0.15, 0.2) is 28.7 Å². The molecule has 4 heteroatoms. The Labute approximate surface area is 120 Å². The third-order valence-electron chi connectivity index (χ3n) is 3.77. The van der Waals surface area contributed by atoms with E-state index in [0.717, 1.165) is 29.0 Å². The first kappa shape index (κ1) is 11.6. The van der Waals surface area contributed by atoms with Gasteiger partial charge < -0.3 is 5.32 Å². The Morgan fingerprint density at radius 2 is 2.05 bits per heavy atom. The molecule has 19 heavy (non-hydrogen) atoms. The Balaban J connectivity index is 1.87. The molecule has 0 radical (unpaired) electrons. The molecular weight excluding hydrogens is 302 g/mol. The fourth-order valence-corrected chi connectivity index (χ4v) is 3.04. The van der Waals surface area contributed by atoms with Gasteiger partial charge in [0.1, 0.15) is 0 Å². The molecule has 1 aliphatic carbocycles. The monoisotopic (exact) mass is 315 g/mol. The summed E-state index contributed by atoms with van der Waals surface area (Å²) in [5.41, 5.74) is 4.91. The molecule has 1 aliphatic heterocycles. The maximum Gasteiger partial charge on any atom is 0.159 e. The minimum absolute atomic E-state index is 0.669. The van der Waals surface area contributed by atoms with Crippen LogP contribution >= 0.6 is 15.9 Å². The lowest BCUT2D eigenvalue weighted by Crippen LogP contribution is -2.02. The second kappa shape index (κ2) is 4.39. The van der Waals surface area contributed by atoms with E-state index in [0.29, 0.717) is 5.92 Å². The van der Waals surface area contributed by atoms with Gasteiger partial charge in [0, 0.05) is 34.6 Å². The number of benzene rings is 1. The zero-order chi connectivity index (χ0) is 12.8. The number of halogens is 1. The van der Waals surface area contributed by atoms with Crippen molar-refractivity contribution in [2.45, 2.75) is 31.8 Å². The van der Waals surface area contributed by atoms with E-state index in [1.54, 1.807) is 0 Å². The van der Waals surface area contributed by atoms with E-state index in [4.69, 9.17) is 9.97 Å². The first-order valence-electron chi connectivity index (χ1n) is 6.67. The Kier molecular flexibility index (Phi) is 2.67. The molecule has 0 unspecified atom stereocenters. The second-order valence-corrected chi connectivity index (χ2v) is 6.16. The first-order chi connectivity index (χ1) is 9.31. The summed E-state index contributed by atoms with van der Waals surface area (Å²) in [6.45, 7) is 1.80. The molecule has 2 heterocycles. The van der Waals surface area contributed by atoms with E-state index < -0.39 is 0 Å². The van der Waals surface area contributed by atoms with Crippen LogP contribution in [0.3, 0.4) is 0 Å². The number of aromatic nitrogens is 2. The summed E-state index contributed by atoms with van der Waals surface area (Å²) < 4.78 is 1.07. The lowest BCUT2D eigenvalue weighted by molar-refractivity contribution is 0.755. The minimum atomic E-state index is 0.669. The maximum absolute atomic E-state index is 4.85. The van der Waals surface area contributed by atoms with Crippen LogP contribution in [0.4, 0.5) is 0 Å². The van der Waals surface area contributed by atoms with Gasteiger partial charge in [-0.05, 0) is 25.0 Å². The predicted octanol–water partition coefficient (Wildman–Crippen LogP) is 3.39. The molecule has 3 nitrogen and oxygen atoms in total. The van der Waals surface area contributed by atoms with Crippen LogP contribution in [0.25, 0.3) is 11.4 Å². The van der Waals surface area contributed by atoms with Crippen LogP contribution in [-0.2, 0) is 13.1 Å². The molecule has 4 rings (SSSR count). The lowest BCUT2D eigenvalue weighted by Gasteiger charge is -2.09. The Hall–Kier alpha value is -1.26. The third kappa shape index (κ3) is 2.09. The van der Waals surface area contributed by atoms with Gasteiger partial charge in [-0.1, -0.05) is 28.1 Å². The van der Waals surface area contributed by atoms with Gasteiger partial charge in [0.25, 0.3) is 0 Å². The van der Waals surface area contributed by atoms with Crippen molar-refractivity contribution in [3.05, 3.63) is 45.7 Å². The molecule has 1 N–H and O–H groups in total. The lowest BCUT2D eigenvalue weighted by atomic mass is 10.1. The fraction of sp³-hybridized carbons (Fsp3) is 0.333. The van der Waals surface area contributed by atoms with Gasteiger partial charge in [0.2, 0.25) is 0 Å². The van der Waals surface area contributed by atoms with Gasteiger partial charge >= 0.3 is 0 Å². The predicted molar refractivity (Wildman–Crippen MR) is 77.7 cm³/mol. The molecule has 2 aromatic rings. The van der Waals surface area contributed by atoms with E-state index in [9.17, 15) is 0 Å². The highest BCUT2D eigenvalue weighted by atomic mass is 79.9. The van der Waals surface area contributed by atoms with Gasteiger partial charge in [-0.25, -0.2) is 9.97 Å². The molecule has 2 aliphatic rings. The normalized spacial score (nSPS) is 17.5. The number of nitrogens with one attached hydrogen (secondary N) is 1. The van der Waals surface area contributed by atoms with Crippen LogP contribution in [0, 0.1) is 0 Å². The quantitative estimate of drug-likeness (QED) is 0.923. The van der Waals surface area contributed by atoms with Crippen molar-refractivity contribution in [1.82, 2.24) is 15.3 Å². The first-order valence-corrected chi connectivity index (χ1v) is 7.47. The average molecular weight is 316 g/mol. The van der Waals surface area contributed by atoms with Crippen molar-refractivity contribution in [1.29, 1.82) is 0 Å². The standard InChI is InChI=1S/C15H14BrN3/c16-11-3-1-2-10(6-11)15-18-13-8-17-7-12(13)14(19-15)9-4-5-9/h1-3,6,9,17H,4-5,7-8H2. The maximum atomic E-state index is 4.85. The summed E-state index contributed by atoms with van der Waals surface area (Å²) in [5.74, 6) is 1.54. The Morgan fingerprint density at radius 1 is 1.16 bits per heavy atom. The van der Waals surface area contributed by atoms with Gasteiger partial charge in [0.05, 0.1) is 11.4 Å². The molecule has 0 spiro atoms. The molecule has 96 valence electrons. The van der Waals surface area contributed by atoms with Crippen LogP contribution in [-0.4, -0.2) is 9.97 Å². The van der Waals surface area contributed by atoms with Gasteiger partial charge in [-0.15, -0.1) is 0 Å². The zero-order valence-electron chi connectivity index (χ0n) is 10.5. The molecule has 0 atom stereocenters. The second-order valence-electron chi connectivity index (χ2n) is 5.25. The molecule has 1 aromatic carbocycles. The van der Waals surface area contributed by atoms with Crippen molar-refractivity contribution in [2.75, 3.05) is 0 Å². The summed E-state index contributed by atoms with van der Waals surface area (Å²) in [6, 6.07) is 8.22. The summed E-state index contributed by atoms with van der Waals surface area (Å²) in [7, 11) is 0. The van der Waals surface area contributed by atoms with Crippen LogP contribution in [0.5, 0.6) is 0 Å². The highest BCUT2D eigenvalue weighted by molar-refractivity contribution is 9.10. The van der Waals surface area contributed by atoms with E-state index in [1.165, 1.54) is 29.8 Å². The summed E-state index contributed by atoms with van der Waals surface area (Å²) in [4.78, 5) is 9.59. The number of hydrogen-bond donors (Lipinski definition) is 1. The van der Waals surface area contributed by atoms with Crippen molar-refractivity contribution in [2.24, 2.45) is 0 Å². The van der Waals surface area contributed by atoms with E-state index >= 15 is 0 Å². The number of rotatable bonds is 2. The van der Waals surface area contributed by atoms with Gasteiger partial charge in [-0.2, -0.15) is 0 Å². The van der Waals surface area contributed by atoms with Crippen molar-refractivity contribution < 1.29 is 0 Å². The number of hydrogen-bond acceptors (Lipinski definition) is 3. The van der Waals surface area contributed by atoms with Crippen molar-refractivity contribution in [3.63, 3.8) is 0 Å². The highest BCUT2D eigenvalue weighted by Gasteiger charge is 2.31. The zero-order valence-corrected chi connectivity index (χ0v) is 12.1. The molecule has 1 saturated carbocycles. The number of fused-ring (bicyclic) bond motifs is 1. The van der Waals surface area contributed by atoms with E-state index in [1.807, 2.05) is 12.1 Å². The van der Waals surface area contributed by atoms with Crippen molar-refractivity contribution in [3.8, 4) is 11.4 Å². The SMILES string of the molecule is Brc1cccc(-c2nc3c(c(C4CC4)n2)CNC3)c1. The molecule has 0 bridgehead atoms. The molecule has 1 aromatic heterocycles. The molecule has 0 amide bonds. The molecule has 0 saturated heterocycles. The number of nitrogens with zero attached hydrogens (tertiary/aromatic N) is 2. The van der Waals surface area contributed by atoms with E-state index in [2.05, 4.69) is 33.4 Å². The molecular formula is C15H14BrN3. The smallest absolute Gasteiger partial charge is 0.159 e. The Bertz CT molecular complexity index is 650. The fourth-order valence-electron chi connectivity index (χ4n) is 2.65. The van der Waals surface area contributed by atoms with Crippen LogP contribution in [0.2, 0.25) is 0 Å². The van der Waals surface area contributed by atoms with Crippen LogP contribution in [0.1, 0.15) is 35.7 Å². The Morgan fingerprint density at radius 3 is 2.84 bits per heavy atom. The van der Waals surface area contributed by atoms with Gasteiger partial charge in [0.15, 0.2) is 5.82 Å². The summed E-state index contributed by atoms with van der Waals surface area (Å²) in [5, 5.41) is 3.39. The molecule has 1 fully saturated rings. The average Bonchev–Trinajstić information content (AvgIpc) is 3.15. The van der Waals surface area contributed by atoms with Gasteiger partial charge in [-0.3, -0.25) is 0 Å². The van der Waals surface area contributed by atoms with Crippen molar-refractivity contribution >= 4 is 15.9 Å². The summed E-state index contributed by atoms with van der Waals surface area (Å²) in [6.07, 6.45) is 2.56. The highest BCUT2D eigenvalue weighted by Crippen LogP contribution is 2.42. The van der Waals surface area contributed by atoms with Crippen LogP contribution < -0.4 is 5.32 Å². The largest absolute Gasteiger partial charge is 0.307 e. The summed E-state index contributed by atoms with van der Waals surface area (Å²) >= 11 is 3.51. The topological polar surface area (TPSA) is 37.8 Å².